The predicted octanol–water partition coefficient (Wildman–Crippen LogP) is 13.9. The van der Waals surface area contributed by atoms with Crippen LogP contribution in [0.4, 0.5) is 24.0 Å². The number of ether oxygens (including phenoxy) is 7. The van der Waals surface area contributed by atoms with Crippen LogP contribution in [-0.2, 0) is 33.2 Å². The minimum absolute atomic E-state index is 0.126. The number of likely N-dealkylation sites (tertiary alicyclic amines) is 1. The molecular weight excluding hydrogens is 933 g/mol. The first-order chi connectivity index (χ1) is 33.4. The first kappa shape index (κ1) is 70.2. The number of nitrogens with one attached hydrogen (secondary N) is 1. The molecule has 1 N–H and O–H groups in total. The minimum atomic E-state index is -1.06. The summed E-state index contributed by atoms with van der Waals surface area (Å²) in [4.78, 5) is 63.1. The Kier molecular flexibility index (Phi) is 32.6. The van der Waals surface area contributed by atoms with Crippen molar-refractivity contribution in [3.8, 4) is 0 Å². The highest BCUT2D eigenvalue weighted by atomic mass is 16.8. The lowest BCUT2D eigenvalue weighted by molar-refractivity contribution is -0.0295. The fourth-order valence-electron chi connectivity index (χ4n) is 6.43. The molecule has 0 spiro atoms. The van der Waals surface area contributed by atoms with Gasteiger partial charge in [-0.1, -0.05) is 36.5 Å². The van der Waals surface area contributed by atoms with E-state index in [1.54, 1.807) is 57.4 Å². The predicted molar refractivity (Wildman–Crippen MR) is 294 cm³/mol. The Balaban J connectivity index is 0. The second-order valence-electron chi connectivity index (χ2n) is 23.4. The molecule has 0 aromatic carbocycles. The van der Waals surface area contributed by atoms with Gasteiger partial charge in [0, 0.05) is 43.8 Å². The van der Waals surface area contributed by atoms with Gasteiger partial charge in [0.2, 0.25) is 0 Å². The molecule has 0 bridgehead atoms. The van der Waals surface area contributed by atoms with Crippen molar-refractivity contribution in [2.45, 2.75) is 247 Å². The molecule has 16 heteroatoms. The lowest BCUT2D eigenvalue weighted by Crippen LogP contribution is -2.43. The van der Waals surface area contributed by atoms with E-state index in [0.717, 1.165) is 57.9 Å². The highest BCUT2D eigenvalue weighted by molar-refractivity contribution is 5.77. The molecule has 3 amide bonds. The van der Waals surface area contributed by atoms with E-state index in [4.69, 9.17) is 28.4 Å². The highest BCUT2D eigenvalue weighted by Gasteiger charge is 2.45. The molecule has 422 valence electrons. The van der Waals surface area contributed by atoms with Crippen molar-refractivity contribution in [3.63, 3.8) is 0 Å². The van der Waals surface area contributed by atoms with Crippen LogP contribution >= 0.6 is 0 Å². The van der Waals surface area contributed by atoms with E-state index in [-0.39, 0.29) is 42.5 Å². The number of carbonyl (C=O) groups excluding carboxylic acids is 5. The van der Waals surface area contributed by atoms with Gasteiger partial charge < -0.3 is 53.2 Å². The number of nitrogens with zero attached hydrogens (tertiary/aromatic N) is 3. The average Bonchev–Trinajstić information content (AvgIpc) is 4.02. The van der Waals surface area contributed by atoms with Crippen molar-refractivity contribution < 1.29 is 57.1 Å². The number of fused-ring (bicyclic) bond motifs is 1. The summed E-state index contributed by atoms with van der Waals surface area (Å²) in [6.07, 6.45) is 17.5. The molecule has 0 aliphatic carbocycles. The zero-order valence-corrected chi connectivity index (χ0v) is 49.0. The molecule has 0 aromatic heterocycles. The Hall–Kier alpha value is -4.83. The average molecular weight is 1040 g/mol. The molecule has 2 fully saturated rings. The van der Waals surface area contributed by atoms with Crippen LogP contribution in [-0.4, -0.2) is 136 Å². The zero-order valence-electron chi connectivity index (χ0n) is 49.0. The van der Waals surface area contributed by atoms with E-state index in [9.17, 15) is 24.0 Å². The minimum Gasteiger partial charge on any atom is -0.444 e. The second-order valence-corrected chi connectivity index (χ2v) is 23.4. The third kappa shape index (κ3) is 38.4. The van der Waals surface area contributed by atoms with E-state index < -0.39 is 40.3 Å². The van der Waals surface area contributed by atoms with Crippen LogP contribution < -0.4 is 5.32 Å². The Morgan fingerprint density at radius 3 is 1.53 bits per heavy atom. The summed E-state index contributed by atoms with van der Waals surface area (Å²) in [5.41, 5.74) is -2.69. The SMILES string of the molecule is C=CCCC(C)N(CC=C)C(=O)OC(C)(C)C.C=CCCC(C)NCC=C.CC(C)(C)OC(=O)OC(=O)OC(C)(C)C.CC1CCC2OC2CN1C(=O)OC(C)(C)C.CC1CCC=CCN1C(=O)OC(C)(C)C. The zero-order chi connectivity index (χ0) is 57.0. The first-order valence-corrected chi connectivity index (χ1v) is 26.0. The van der Waals surface area contributed by atoms with Gasteiger partial charge in [-0.05, 0) is 183 Å². The van der Waals surface area contributed by atoms with Crippen molar-refractivity contribution in [1.29, 1.82) is 0 Å². The Bertz CT molecular complexity index is 1680. The van der Waals surface area contributed by atoms with Crippen molar-refractivity contribution in [2.24, 2.45) is 0 Å². The number of carbonyl (C=O) groups is 5. The number of amides is 3. The van der Waals surface area contributed by atoms with E-state index in [0.29, 0.717) is 31.8 Å². The van der Waals surface area contributed by atoms with Crippen LogP contribution in [0.15, 0.2) is 62.8 Å². The van der Waals surface area contributed by atoms with Crippen molar-refractivity contribution in [3.05, 3.63) is 62.8 Å². The first-order valence-electron chi connectivity index (χ1n) is 26.0. The van der Waals surface area contributed by atoms with Crippen LogP contribution in [0.1, 0.15) is 183 Å². The summed E-state index contributed by atoms with van der Waals surface area (Å²) in [7, 11) is 0. The van der Waals surface area contributed by atoms with Crippen LogP contribution in [0.25, 0.3) is 0 Å². The van der Waals surface area contributed by atoms with Gasteiger partial charge in [-0.2, -0.15) is 0 Å². The number of rotatable bonds is 12. The van der Waals surface area contributed by atoms with Gasteiger partial charge in [-0.15, -0.1) is 26.3 Å². The largest absolute Gasteiger partial charge is 0.519 e. The molecule has 6 atom stereocenters. The molecule has 2 saturated heterocycles. The van der Waals surface area contributed by atoms with E-state index in [1.807, 2.05) is 98.4 Å². The molecule has 3 aliphatic rings. The summed E-state index contributed by atoms with van der Waals surface area (Å²) >= 11 is 0. The maximum atomic E-state index is 12.0. The Morgan fingerprint density at radius 2 is 1.08 bits per heavy atom. The third-order valence-corrected chi connectivity index (χ3v) is 10.1. The van der Waals surface area contributed by atoms with Crippen molar-refractivity contribution in [2.75, 3.05) is 26.2 Å². The van der Waals surface area contributed by atoms with Gasteiger partial charge in [0.25, 0.3) is 0 Å². The van der Waals surface area contributed by atoms with E-state index in [2.05, 4.69) is 63.2 Å². The van der Waals surface area contributed by atoms with Crippen molar-refractivity contribution in [1.82, 2.24) is 20.0 Å². The molecule has 3 rings (SSSR count). The monoisotopic (exact) mass is 1030 g/mol. The van der Waals surface area contributed by atoms with E-state index in [1.165, 1.54) is 0 Å². The summed E-state index contributed by atoms with van der Waals surface area (Å²) in [5, 5.41) is 3.30. The number of allylic oxidation sites excluding steroid dienone is 3. The van der Waals surface area contributed by atoms with Gasteiger partial charge >= 0.3 is 30.6 Å². The summed E-state index contributed by atoms with van der Waals surface area (Å²) in [5.74, 6) is 0. The quantitative estimate of drug-likeness (QED) is 0.0643. The normalized spacial score (nSPS) is 19.2. The number of hydrogen-bond donors (Lipinski definition) is 1. The lowest BCUT2D eigenvalue weighted by atomic mass is 10.1. The van der Waals surface area contributed by atoms with Crippen LogP contribution in [0.2, 0.25) is 0 Å². The molecule has 0 radical (unpaired) electrons. The number of hydrogen-bond acceptors (Lipinski definition) is 13. The van der Waals surface area contributed by atoms with Crippen LogP contribution in [0.3, 0.4) is 0 Å². The molecule has 3 aliphatic heterocycles. The summed E-state index contributed by atoms with van der Waals surface area (Å²) in [6.45, 7) is 52.7. The molecule has 73 heavy (non-hydrogen) atoms. The maximum Gasteiger partial charge on any atom is 0.519 e. The van der Waals surface area contributed by atoms with Gasteiger partial charge in [-0.3, -0.25) is 0 Å². The second kappa shape index (κ2) is 33.9. The summed E-state index contributed by atoms with van der Waals surface area (Å²) in [6, 6.07) is 1.22. The maximum absolute atomic E-state index is 12.0. The highest BCUT2D eigenvalue weighted by Crippen LogP contribution is 2.33. The fraction of sp³-hybridized carbons (Fsp3) is 0.737. The smallest absolute Gasteiger partial charge is 0.444 e. The lowest BCUT2D eigenvalue weighted by Gasteiger charge is -2.30. The van der Waals surface area contributed by atoms with Crippen LogP contribution in [0.5, 0.6) is 0 Å². The fourth-order valence-corrected chi connectivity index (χ4v) is 6.43. The van der Waals surface area contributed by atoms with E-state index >= 15 is 0 Å². The Labute approximate surface area is 442 Å². The molecular formula is C57H102N4O12. The van der Waals surface area contributed by atoms with Crippen molar-refractivity contribution >= 4 is 30.6 Å². The standard InChI is InChI=1S/C14H25NO2.C12H21NO3.C12H21NO2.C10H18O5.C9H17N/c1-7-9-10-12(3)15(11-8-2)13(16)17-14(4,5)6;1-8-5-6-9-10(15-9)7-13(8)11(14)16-12(2,3)4;1-10-8-6-5-7-9-13(10)11(14)15-12(2,3)4;1-9(2,3)14-7(11)13-8(12)15-10(4,5)6;1-4-6-7-9(3)10-8-5-2/h7-8,12H,1-2,9-11H2,3-6H3;8-10H,5-7H2,1-4H3;5,7,10H,6,8-9H2,1-4H3;1-6H3;4-5,9-10H,1-2,6-8H2,3H3. The Morgan fingerprint density at radius 1 is 0.616 bits per heavy atom. The molecule has 3 heterocycles. The molecule has 0 aromatic rings. The molecule has 6 unspecified atom stereocenters. The van der Waals surface area contributed by atoms with Gasteiger partial charge in [0.1, 0.15) is 34.1 Å². The summed E-state index contributed by atoms with van der Waals surface area (Å²) < 4.78 is 35.4. The molecule has 0 saturated carbocycles. The van der Waals surface area contributed by atoms with Gasteiger partial charge in [-0.25, -0.2) is 24.0 Å². The van der Waals surface area contributed by atoms with Crippen LogP contribution in [0, 0.1) is 0 Å². The number of epoxide rings is 1. The van der Waals surface area contributed by atoms with Gasteiger partial charge in [0.05, 0.1) is 12.6 Å². The van der Waals surface area contributed by atoms with Gasteiger partial charge in [0.15, 0.2) is 0 Å². The topological polar surface area (TPSA) is 175 Å². The third-order valence-electron chi connectivity index (χ3n) is 10.1. The molecule has 16 nitrogen and oxygen atoms in total.